The van der Waals surface area contributed by atoms with Crippen molar-refractivity contribution < 1.29 is 17.5 Å². The van der Waals surface area contributed by atoms with E-state index in [0.717, 1.165) is 12.8 Å². The normalized spacial score (nSPS) is 16.9. The van der Waals surface area contributed by atoms with Gasteiger partial charge in [-0.3, -0.25) is 0 Å². The van der Waals surface area contributed by atoms with Crippen molar-refractivity contribution in [3.05, 3.63) is 29.6 Å². The Bertz CT molecular complexity index is 570. The SMILES string of the molecule is CCS(=O)(=O)N[C@H](C)c1ccc(F)c(OCC2CC2)c1. The number of ether oxygens (including phenoxy) is 1. The third kappa shape index (κ3) is 4.18. The number of halogens is 1. The largest absolute Gasteiger partial charge is 0.490 e. The summed E-state index contributed by atoms with van der Waals surface area (Å²) >= 11 is 0. The average molecular weight is 301 g/mol. The van der Waals surface area contributed by atoms with Crippen LogP contribution in [0.3, 0.4) is 0 Å². The van der Waals surface area contributed by atoms with Gasteiger partial charge in [-0.05, 0) is 50.3 Å². The van der Waals surface area contributed by atoms with Gasteiger partial charge >= 0.3 is 0 Å². The first-order valence-corrected chi connectivity index (χ1v) is 8.48. The molecule has 1 saturated carbocycles. The summed E-state index contributed by atoms with van der Waals surface area (Å²) in [5.41, 5.74) is 0.689. The Morgan fingerprint density at radius 1 is 1.45 bits per heavy atom. The second-order valence-electron chi connectivity index (χ2n) is 5.19. The maximum absolute atomic E-state index is 13.6. The maximum Gasteiger partial charge on any atom is 0.211 e. The van der Waals surface area contributed by atoms with E-state index in [-0.39, 0.29) is 11.5 Å². The fraction of sp³-hybridized carbons (Fsp3) is 0.571. The first kappa shape index (κ1) is 15.3. The minimum absolute atomic E-state index is 0.0174. The van der Waals surface area contributed by atoms with Gasteiger partial charge in [-0.2, -0.15) is 0 Å². The van der Waals surface area contributed by atoms with Gasteiger partial charge in [0, 0.05) is 6.04 Å². The lowest BCUT2D eigenvalue weighted by Crippen LogP contribution is -2.28. The molecule has 4 nitrogen and oxygen atoms in total. The van der Waals surface area contributed by atoms with Crippen molar-refractivity contribution in [1.82, 2.24) is 4.72 Å². The lowest BCUT2D eigenvalue weighted by molar-refractivity contribution is 0.285. The van der Waals surface area contributed by atoms with E-state index in [0.29, 0.717) is 18.1 Å². The molecule has 112 valence electrons. The van der Waals surface area contributed by atoms with Crippen LogP contribution >= 0.6 is 0 Å². The summed E-state index contributed by atoms with van der Waals surface area (Å²) in [4.78, 5) is 0. The van der Waals surface area contributed by atoms with Crippen molar-refractivity contribution in [2.24, 2.45) is 5.92 Å². The van der Waals surface area contributed by atoms with Gasteiger partial charge in [-0.1, -0.05) is 6.07 Å². The molecular formula is C14H20FNO3S. The zero-order valence-electron chi connectivity index (χ0n) is 11.7. The van der Waals surface area contributed by atoms with Crippen LogP contribution in [0.2, 0.25) is 0 Å². The highest BCUT2D eigenvalue weighted by atomic mass is 32.2. The Labute approximate surface area is 119 Å². The number of sulfonamides is 1. The van der Waals surface area contributed by atoms with Crippen LogP contribution in [0.15, 0.2) is 18.2 Å². The molecule has 1 atom stereocenters. The highest BCUT2D eigenvalue weighted by molar-refractivity contribution is 7.89. The minimum Gasteiger partial charge on any atom is -0.490 e. The molecule has 0 unspecified atom stereocenters. The molecule has 1 aromatic carbocycles. The van der Waals surface area contributed by atoms with Crippen LogP contribution in [0, 0.1) is 11.7 Å². The van der Waals surface area contributed by atoms with Gasteiger partial charge in [0.25, 0.3) is 0 Å². The van der Waals surface area contributed by atoms with Gasteiger partial charge in [0.1, 0.15) is 0 Å². The standard InChI is InChI=1S/C14H20FNO3S/c1-3-20(17,18)16-10(2)12-6-7-13(15)14(8-12)19-9-11-4-5-11/h6-8,10-11,16H,3-5,9H2,1-2H3/t10-/m1/s1. The first-order valence-electron chi connectivity index (χ1n) is 6.83. The van der Waals surface area contributed by atoms with Gasteiger partial charge in [0.05, 0.1) is 12.4 Å². The van der Waals surface area contributed by atoms with E-state index in [9.17, 15) is 12.8 Å². The number of hydrogen-bond acceptors (Lipinski definition) is 3. The Morgan fingerprint density at radius 2 is 2.15 bits per heavy atom. The van der Waals surface area contributed by atoms with E-state index in [1.807, 2.05) is 0 Å². The molecule has 1 N–H and O–H groups in total. The Kier molecular flexibility index (Phi) is 4.65. The average Bonchev–Trinajstić information content (AvgIpc) is 3.21. The molecule has 0 saturated heterocycles. The van der Waals surface area contributed by atoms with E-state index >= 15 is 0 Å². The molecular weight excluding hydrogens is 281 g/mol. The smallest absolute Gasteiger partial charge is 0.211 e. The summed E-state index contributed by atoms with van der Waals surface area (Å²) in [6.45, 7) is 3.82. The summed E-state index contributed by atoms with van der Waals surface area (Å²) in [6.07, 6.45) is 2.27. The summed E-state index contributed by atoms with van der Waals surface area (Å²) < 4.78 is 44.7. The highest BCUT2D eigenvalue weighted by Gasteiger charge is 2.23. The molecule has 1 aliphatic rings. The number of nitrogens with one attached hydrogen (secondary N) is 1. The van der Waals surface area contributed by atoms with E-state index in [1.54, 1.807) is 26.0 Å². The molecule has 1 aliphatic carbocycles. The van der Waals surface area contributed by atoms with Crippen LogP contribution in [0.25, 0.3) is 0 Å². The predicted octanol–water partition coefficient (Wildman–Crippen LogP) is 2.61. The van der Waals surface area contributed by atoms with Gasteiger partial charge in [0.15, 0.2) is 11.6 Å². The van der Waals surface area contributed by atoms with Crippen LogP contribution < -0.4 is 9.46 Å². The Hall–Kier alpha value is -1.14. The molecule has 0 aromatic heterocycles. The monoisotopic (exact) mass is 301 g/mol. The van der Waals surface area contributed by atoms with Crippen molar-refractivity contribution in [1.29, 1.82) is 0 Å². The highest BCUT2D eigenvalue weighted by Crippen LogP contribution is 2.31. The summed E-state index contributed by atoms with van der Waals surface area (Å²) in [7, 11) is -3.29. The zero-order chi connectivity index (χ0) is 14.8. The summed E-state index contributed by atoms with van der Waals surface area (Å²) in [5.74, 6) is 0.329. The maximum atomic E-state index is 13.6. The van der Waals surface area contributed by atoms with Crippen LogP contribution in [0.5, 0.6) is 5.75 Å². The van der Waals surface area contributed by atoms with Crippen molar-refractivity contribution in [2.45, 2.75) is 32.7 Å². The van der Waals surface area contributed by atoms with Crippen LogP contribution in [-0.4, -0.2) is 20.8 Å². The molecule has 0 bridgehead atoms. The van der Waals surface area contributed by atoms with Crippen molar-refractivity contribution >= 4 is 10.0 Å². The number of hydrogen-bond donors (Lipinski definition) is 1. The van der Waals surface area contributed by atoms with Crippen LogP contribution in [-0.2, 0) is 10.0 Å². The molecule has 0 spiro atoms. The second-order valence-corrected chi connectivity index (χ2v) is 7.23. The molecule has 0 amide bonds. The lowest BCUT2D eigenvalue weighted by Gasteiger charge is -2.15. The van der Waals surface area contributed by atoms with Gasteiger partial charge in [-0.15, -0.1) is 0 Å². The summed E-state index contributed by atoms with van der Waals surface area (Å²) in [5, 5.41) is 0. The first-order chi connectivity index (χ1) is 9.41. The third-order valence-corrected chi connectivity index (χ3v) is 4.84. The van der Waals surface area contributed by atoms with E-state index in [1.165, 1.54) is 6.07 Å². The van der Waals surface area contributed by atoms with E-state index in [4.69, 9.17) is 4.74 Å². The van der Waals surface area contributed by atoms with Gasteiger partial charge in [-0.25, -0.2) is 17.5 Å². The molecule has 2 rings (SSSR count). The Balaban J connectivity index is 2.08. The molecule has 0 radical (unpaired) electrons. The van der Waals surface area contributed by atoms with E-state index < -0.39 is 21.9 Å². The second kappa shape index (κ2) is 6.10. The molecule has 1 fully saturated rings. The molecule has 1 aromatic rings. The lowest BCUT2D eigenvalue weighted by atomic mass is 10.1. The van der Waals surface area contributed by atoms with Crippen molar-refractivity contribution in [2.75, 3.05) is 12.4 Å². The fourth-order valence-electron chi connectivity index (χ4n) is 1.81. The minimum atomic E-state index is -3.29. The zero-order valence-corrected chi connectivity index (χ0v) is 12.5. The van der Waals surface area contributed by atoms with Crippen LogP contribution in [0.1, 0.15) is 38.3 Å². The van der Waals surface area contributed by atoms with Gasteiger partial charge in [0.2, 0.25) is 10.0 Å². The number of rotatable bonds is 7. The van der Waals surface area contributed by atoms with Gasteiger partial charge < -0.3 is 4.74 Å². The topological polar surface area (TPSA) is 55.4 Å². The Morgan fingerprint density at radius 3 is 2.75 bits per heavy atom. The molecule has 0 heterocycles. The molecule has 20 heavy (non-hydrogen) atoms. The van der Waals surface area contributed by atoms with Crippen LogP contribution in [0.4, 0.5) is 4.39 Å². The third-order valence-electron chi connectivity index (χ3n) is 3.36. The number of benzene rings is 1. The summed E-state index contributed by atoms with van der Waals surface area (Å²) in [6, 6.07) is 4.04. The molecule has 6 heteroatoms. The van der Waals surface area contributed by atoms with Crippen molar-refractivity contribution in [3.63, 3.8) is 0 Å². The quantitative estimate of drug-likeness (QED) is 0.842. The predicted molar refractivity (Wildman–Crippen MR) is 75.6 cm³/mol. The fourth-order valence-corrected chi connectivity index (χ4v) is 2.65. The van der Waals surface area contributed by atoms with Crippen molar-refractivity contribution in [3.8, 4) is 5.75 Å². The molecule has 0 aliphatic heterocycles. The van der Waals surface area contributed by atoms with E-state index in [2.05, 4.69) is 4.72 Å².